The lowest BCUT2D eigenvalue weighted by Crippen LogP contribution is -2.62. The van der Waals surface area contributed by atoms with Gasteiger partial charge in [0.15, 0.2) is 0 Å². The molecule has 1 N–H and O–H groups in total. The molecule has 0 bridgehead atoms. The van der Waals surface area contributed by atoms with Gasteiger partial charge in [-0.15, -0.1) is 6.42 Å². The van der Waals surface area contributed by atoms with Gasteiger partial charge in [-0.1, -0.05) is 51.0 Å². The fourth-order valence-corrected chi connectivity index (χ4v) is 11.4. The molecule has 0 spiro atoms. The van der Waals surface area contributed by atoms with E-state index in [1.807, 2.05) is 49.1 Å². The van der Waals surface area contributed by atoms with Gasteiger partial charge in [0, 0.05) is 49.9 Å². The van der Waals surface area contributed by atoms with Crippen molar-refractivity contribution in [3.05, 3.63) is 42.1 Å². The molecule has 262 valence electrons. The molecule has 2 heterocycles. The van der Waals surface area contributed by atoms with Gasteiger partial charge in [0.05, 0.1) is 11.6 Å². The number of amides is 2. The van der Waals surface area contributed by atoms with E-state index in [9.17, 15) is 19.5 Å². The predicted molar refractivity (Wildman–Crippen MR) is 190 cm³/mol. The van der Waals surface area contributed by atoms with E-state index < -0.39 is 11.6 Å². The summed E-state index contributed by atoms with van der Waals surface area (Å²) in [5, 5.41) is 12.4. The molecule has 2 amide bonds. The summed E-state index contributed by atoms with van der Waals surface area (Å²) in [4.78, 5) is 51.9. The van der Waals surface area contributed by atoms with E-state index in [1.54, 1.807) is 11.0 Å². The maximum Gasteiger partial charge on any atom is 0.273 e. The third-order valence-corrected chi connectivity index (χ3v) is 14.3. The highest BCUT2D eigenvalue weighted by molar-refractivity contribution is 5.97. The zero-order chi connectivity index (χ0) is 34.7. The molecule has 1 aliphatic heterocycles. The van der Waals surface area contributed by atoms with Crippen LogP contribution in [0.1, 0.15) is 96.0 Å². The Bertz CT molecular complexity index is 1660. The van der Waals surface area contributed by atoms with Crippen molar-refractivity contribution in [1.29, 1.82) is 0 Å². The van der Waals surface area contributed by atoms with E-state index in [0.717, 1.165) is 55.8 Å². The summed E-state index contributed by atoms with van der Waals surface area (Å²) in [6, 6.07) is 10.7. The van der Waals surface area contributed by atoms with Crippen LogP contribution in [0.25, 0.3) is 10.9 Å². The van der Waals surface area contributed by atoms with E-state index in [0.29, 0.717) is 80.7 Å². The first-order valence-corrected chi connectivity index (χ1v) is 18.9. The number of terminal acetylenes is 1. The summed E-state index contributed by atoms with van der Waals surface area (Å²) in [7, 11) is 0. The zero-order valence-corrected chi connectivity index (χ0v) is 29.9. The quantitative estimate of drug-likeness (QED) is 0.405. The number of nitrogens with zero attached hydrogens (tertiary/aromatic N) is 4. The first kappa shape index (κ1) is 34.2. The largest absolute Gasteiger partial charge is 0.377 e. The van der Waals surface area contributed by atoms with Gasteiger partial charge in [-0.3, -0.25) is 19.3 Å². The SMILES string of the molecule is C#C[C@]1(O)CCC2[C@@H]3CCC4CC(=O)[C@@H](N5CCN(C(=O)[C@H](C)N(CCC)C(=O)c6ccc7ccccc7n6)CC5)C[C@]4(C)C3CC[C@@]21C. The first-order valence-electron chi connectivity index (χ1n) is 18.9. The molecule has 1 saturated heterocycles. The molecule has 5 aliphatic rings. The van der Waals surface area contributed by atoms with Crippen molar-refractivity contribution in [3.8, 4) is 12.3 Å². The number of pyridine rings is 1. The van der Waals surface area contributed by atoms with Crippen molar-refractivity contribution in [2.75, 3.05) is 32.7 Å². The lowest BCUT2D eigenvalue weighted by molar-refractivity contribution is -0.158. The minimum Gasteiger partial charge on any atom is -0.377 e. The average Bonchev–Trinajstić information content (AvgIpc) is 3.40. The number of fused-ring (bicyclic) bond motifs is 6. The maximum atomic E-state index is 13.9. The van der Waals surface area contributed by atoms with E-state index in [-0.39, 0.29) is 28.7 Å². The van der Waals surface area contributed by atoms with E-state index >= 15 is 0 Å². The van der Waals surface area contributed by atoms with Gasteiger partial charge < -0.3 is 14.9 Å². The molecule has 7 rings (SSSR count). The van der Waals surface area contributed by atoms with Crippen LogP contribution in [0, 0.1) is 46.8 Å². The number of hydrogen-bond acceptors (Lipinski definition) is 6. The molecule has 49 heavy (non-hydrogen) atoms. The van der Waals surface area contributed by atoms with Gasteiger partial charge in [0.1, 0.15) is 23.1 Å². The summed E-state index contributed by atoms with van der Waals surface area (Å²) >= 11 is 0. The molecule has 1 aromatic heterocycles. The number of carbonyl (C=O) groups excluding carboxylic acids is 3. The highest BCUT2D eigenvalue weighted by Gasteiger charge is 2.65. The lowest BCUT2D eigenvalue weighted by Gasteiger charge is -2.62. The second-order valence-electron chi connectivity index (χ2n) is 16.5. The minimum absolute atomic E-state index is 0.0481. The Morgan fingerprint density at radius 1 is 1.04 bits per heavy atom. The Morgan fingerprint density at radius 2 is 1.78 bits per heavy atom. The van der Waals surface area contributed by atoms with Crippen LogP contribution >= 0.6 is 0 Å². The van der Waals surface area contributed by atoms with Crippen LogP contribution < -0.4 is 0 Å². The van der Waals surface area contributed by atoms with E-state index in [2.05, 4.69) is 29.7 Å². The Hall–Kier alpha value is -3.28. The number of piperazine rings is 1. The molecule has 8 nitrogen and oxygen atoms in total. The summed E-state index contributed by atoms with van der Waals surface area (Å²) in [5.74, 6) is 4.83. The van der Waals surface area contributed by atoms with Crippen LogP contribution in [-0.4, -0.2) is 92.8 Å². The molecule has 0 radical (unpaired) electrons. The Morgan fingerprint density at radius 3 is 2.51 bits per heavy atom. The maximum absolute atomic E-state index is 13.9. The molecular weight excluding hydrogens is 612 g/mol. The topological polar surface area (TPSA) is 94.0 Å². The van der Waals surface area contributed by atoms with Crippen LogP contribution in [0.15, 0.2) is 36.4 Å². The van der Waals surface area contributed by atoms with Crippen LogP contribution in [0.3, 0.4) is 0 Å². The molecule has 4 aliphatic carbocycles. The van der Waals surface area contributed by atoms with Gasteiger partial charge in [-0.25, -0.2) is 4.98 Å². The second kappa shape index (κ2) is 12.8. The van der Waals surface area contributed by atoms with E-state index in [4.69, 9.17) is 6.42 Å². The molecule has 4 saturated carbocycles. The van der Waals surface area contributed by atoms with Gasteiger partial charge in [-0.2, -0.15) is 0 Å². The standard InChI is InChI=1S/C41H54N4O4/c1-6-20-45(38(48)34-15-12-28-10-8-9-11-33(28)42-34)27(3)37(47)44-23-21-43(22-24-44)35-26-39(4)29(25-36(35)46)13-14-30-31(39)16-18-40(5)32(30)17-19-41(40,49)7-2/h2,8-12,15,27,29-32,35,49H,6,13-14,16-26H2,1,3-5H3/t27-,29?,30+,31?,32?,35-,39-,40-,41-/m0/s1. The Kier molecular flexibility index (Phi) is 8.93. The number of aromatic nitrogens is 1. The number of para-hydroxylation sites is 1. The minimum atomic E-state index is -1.01. The number of ketones is 1. The van der Waals surface area contributed by atoms with Crippen LogP contribution in [-0.2, 0) is 9.59 Å². The van der Waals surface area contributed by atoms with Crippen LogP contribution in [0.2, 0.25) is 0 Å². The number of carbonyl (C=O) groups is 3. The van der Waals surface area contributed by atoms with Crippen molar-refractivity contribution < 1.29 is 19.5 Å². The fraction of sp³-hybridized carbons (Fsp3) is 0.659. The van der Waals surface area contributed by atoms with Gasteiger partial charge in [0.25, 0.3) is 5.91 Å². The summed E-state index contributed by atoms with van der Waals surface area (Å²) in [6.07, 6.45) is 14.1. The summed E-state index contributed by atoms with van der Waals surface area (Å²) in [6.45, 7) is 11.4. The van der Waals surface area contributed by atoms with Crippen molar-refractivity contribution in [2.45, 2.75) is 103 Å². The third kappa shape index (κ3) is 5.51. The monoisotopic (exact) mass is 666 g/mol. The lowest BCUT2D eigenvalue weighted by atomic mass is 9.44. The second-order valence-corrected chi connectivity index (χ2v) is 16.5. The van der Waals surface area contributed by atoms with Crippen LogP contribution in [0.5, 0.6) is 0 Å². The highest BCUT2D eigenvalue weighted by Crippen LogP contribution is 2.68. The number of benzene rings is 1. The summed E-state index contributed by atoms with van der Waals surface area (Å²) < 4.78 is 0. The molecule has 5 fully saturated rings. The fourth-order valence-electron chi connectivity index (χ4n) is 11.4. The molecule has 9 atom stereocenters. The normalized spacial score (nSPS) is 36.7. The molecule has 3 unspecified atom stereocenters. The van der Waals surface area contributed by atoms with Crippen molar-refractivity contribution in [1.82, 2.24) is 19.7 Å². The zero-order valence-electron chi connectivity index (χ0n) is 29.9. The summed E-state index contributed by atoms with van der Waals surface area (Å²) in [5.41, 5.74) is -0.0314. The number of Topliss-reactive ketones (excluding diaryl/α,β-unsaturated/α-hetero) is 1. The van der Waals surface area contributed by atoms with Gasteiger partial charge in [-0.05, 0) is 99.5 Å². The number of hydrogen-bond donors (Lipinski definition) is 1. The van der Waals surface area contributed by atoms with Crippen molar-refractivity contribution in [2.24, 2.45) is 34.5 Å². The average molecular weight is 667 g/mol. The third-order valence-electron chi connectivity index (χ3n) is 14.3. The molecule has 2 aromatic rings. The molecule has 1 aromatic carbocycles. The van der Waals surface area contributed by atoms with Crippen LogP contribution in [0.4, 0.5) is 0 Å². The highest BCUT2D eigenvalue weighted by atomic mass is 16.3. The molecular formula is C41H54N4O4. The van der Waals surface area contributed by atoms with Crippen molar-refractivity contribution >= 4 is 28.5 Å². The van der Waals surface area contributed by atoms with Gasteiger partial charge >= 0.3 is 0 Å². The van der Waals surface area contributed by atoms with E-state index in [1.165, 1.54) is 0 Å². The van der Waals surface area contributed by atoms with Crippen molar-refractivity contribution in [3.63, 3.8) is 0 Å². The Balaban J connectivity index is 1.01. The Labute approximate surface area is 292 Å². The van der Waals surface area contributed by atoms with Gasteiger partial charge in [0.2, 0.25) is 5.91 Å². The molecule has 8 heteroatoms. The predicted octanol–water partition coefficient (Wildman–Crippen LogP) is 5.57. The number of rotatable bonds is 6. The smallest absolute Gasteiger partial charge is 0.273 e. The number of aliphatic hydroxyl groups is 1. The first-order chi connectivity index (χ1) is 23.4.